The number of allylic oxidation sites excluding steroid dienone is 2. The topological polar surface area (TPSA) is 0 Å². The van der Waals surface area contributed by atoms with E-state index in [4.69, 9.17) is 0 Å². The second-order valence-electron chi connectivity index (χ2n) is 4.71. The van der Waals surface area contributed by atoms with Crippen molar-refractivity contribution < 1.29 is 0 Å². The summed E-state index contributed by atoms with van der Waals surface area (Å²) in [5, 5.41) is 1.55. The molecule has 1 aromatic rings. The first kappa shape index (κ1) is 12.2. The molecule has 0 heterocycles. The van der Waals surface area contributed by atoms with Crippen LogP contribution in [0.3, 0.4) is 0 Å². The Bertz CT molecular complexity index is 311. The molecule has 0 aliphatic rings. The van der Waals surface area contributed by atoms with Gasteiger partial charge in [-0.2, -0.15) is 0 Å². The lowest BCUT2D eigenvalue weighted by molar-refractivity contribution is 1.11. The van der Waals surface area contributed by atoms with Gasteiger partial charge in [0.15, 0.2) is 0 Å². The molecule has 0 aliphatic carbocycles. The van der Waals surface area contributed by atoms with Crippen molar-refractivity contribution in [3.05, 3.63) is 42.5 Å². The Hall–Kier alpha value is -0.823. The van der Waals surface area contributed by atoms with E-state index in [1.54, 1.807) is 5.19 Å². The maximum atomic E-state index is 2.45. The van der Waals surface area contributed by atoms with Gasteiger partial charge in [0, 0.05) is 0 Å². The summed E-state index contributed by atoms with van der Waals surface area (Å²) >= 11 is 0. The van der Waals surface area contributed by atoms with Crippen LogP contribution in [0.1, 0.15) is 20.3 Å². The lowest BCUT2D eigenvalue weighted by atomic mass is 10.3. The van der Waals surface area contributed by atoms with E-state index in [1.165, 1.54) is 0 Å². The van der Waals surface area contributed by atoms with E-state index in [9.17, 15) is 0 Å². The van der Waals surface area contributed by atoms with E-state index in [1.807, 2.05) is 0 Å². The van der Waals surface area contributed by atoms with Crippen LogP contribution < -0.4 is 5.19 Å². The van der Waals surface area contributed by atoms with Crippen LogP contribution in [0.4, 0.5) is 0 Å². The van der Waals surface area contributed by atoms with Crippen LogP contribution in [0.25, 0.3) is 0 Å². The standard InChI is InChI=1S/C14H22Si/c1-5-6-10-13(2)15(3,4)14-11-8-7-9-12-14/h6-13H,5H2,1-4H3/b10-6-. The van der Waals surface area contributed by atoms with Crippen LogP contribution in [0.5, 0.6) is 0 Å². The van der Waals surface area contributed by atoms with Crippen LogP contribution >= 0.6 is 0 Å². The molecule has 0 aliphatic heterocycles. The monoisotopic (exact) mass is 218 g/mol. The van der Waals surface area contributed by atoms with Crippen molar-refractivity contribution in [2.75, 3.05) is 0 Å². The highest BCUT2D eigenvalue weighted by atomic mass is 28.3. The summed E-state index contributed by atoms with van der Waals surface area (Å²) in [6.45, 7) is 9.45. The highest BCUT2D eigenvalue weighted by molar-refractivity contribution is 6.91. The van der Waals surface area contributed by atoms with Gasteiger partial charge in [-0.25, -0.2) is 0 Å². The van der Waals surface area contributed by atoms with E-state index < -0.39 is 8.07 Å². The Morgan fingerprint density at radius 2 is 1.80 bits per heavy atom. The molecule has 0 fully saturated rings. The van der Waals surface area contributed by atoms with Crippen molar-refractivity contribution in [2.45, 2.75) is 38.9 Å². The molecule has 1 heteroatoms. The Morgan fingerprint density at radius 1 is 1.20 bits per heavy atom. The fraction of sp³-hybridized carbons (Fsp3) is 0.429. The molecule has 0 radical (unpaired) electrons. The number of benzene rings is 1. The zero-order valence-corrected chi connectivity index (χ0v) is 11.3. The summed E-state index contributed by atoms with van der Waals surface area (Å²) in [5.41, 5.74) is 0.708. The molecule has 0 aromatic heterocycles. The van der Waals surface area contributed by atoms with Crippen molar-refractivity contribution in [2.24, 2.45) is 0 Å². The summed E-state index contributed by atoms with van der Waals surface area (Å²) in [6.07, 6.45) is 5.82. The first-order valence-electron chi connectivity index (χ1n) is 5.81. The third kappa shape index (κ3) is 3.06. The Balaban J connectivity index is 2.87. The highest BCUT2D eigenvalue weighted by Gasteiger charge is 2.28. The molecule has 0 saturated heterocycles. The molecule has 82 valence electrons. The predicted molar refractivity (Wildman–Crippen MR) is 72.4 cm³/mol. The molecule has 0 nitrogen and oxygen atoms in total. The summed E-state index contributed by atoms with van der Waals surface area (Å²) < 4.78 is 0. The number of hydrogen-bond acceptors (Lipinski definition) is 0. The molecule has 1 aromatic carbocycles. The Labute approximate surface area is 95.0 Å². The lowest BCUT2D eigenvalue weighted by Crippen LogP contribution is -2.44. The van der Waals surface area contributed by atoms with Gasteiger partial charge >= 0.3 is 0 Å². The second kappa shape index (κ2) is 5.31. The lowest BCUT2D eigenvalue weighted by Gasteiger charge is -2.28. The summed E-state index contributed by atoms with van der Waals surface area (Å²) in [6, 6.07) is 11.0. The molecule has 1 unspecified atom stereocenters. The van der Waals surface area contributed by atoms with E-state index in [2.05, 4.69) is 69.4 Å². The van der Waals surface area contributed by atoms with Crippen LogP contribution in [0, 0.1) is 0 Å². The van der Waals surface area contributed by atoms with Crippen molar-refractivity contribution >= 4 is 13.3 Å². The minimum atomic E-state index is -1.31. The van der Waals surface area contributed by atoms with Crippen molar-refractivity contribution in [3.8, 4) is 0 Å². The van der Waals surface area contributed by atoms with Crippen LogP contribution in [-0.2, 0) is 0 Å². The molecule has 0 bridgehead atoms. The zero-order chi connectivity index (χ0) is 11.3. The normalized spacial score (nSPS) is 14.4. The van der Waals surface area contributed by atoms with Gasteiger partial charge in [-0.3, -0.25) is 0 Å². The second-order valence-corrected chi connectivity index (χ2v) is 9.64. The smallest absolute Gasteiger partial charge is 0.0871 e. The van der Waals surface area contributed by atoms with E-state index in [0.717, 1.165) is 6.42 Å². The highest BCUT2D eigenvalue weighted by Crippen LogP contribution is 2.22. The Kier molecular flexibility index (Phi) is 4.34. The quantitative estimate of drug-likeness (QED) is 0.530. The van der Waals surface area contributed by atoms with Gasteiger partial charge < -0.3 is 0 Å². The van der Waals surface area contributed by atoms with Gasteiger partial charge in [0.25, 0.3) is 0 Å². The molecule has 15 heavy (non-hydrogen) atoms. The van der Waals surface area contributed by atoms with E-state index in [0.29, 0.717) is 5.54 Å². The van der Waals surface area contributed by atoms with Crippen molar-refractivity contribution in [1.29, 1.82) is 0 Å². The molecule has 0 spiro atoms. The third-order valence-electron chi connectivity index (χ3n) is 3.32. The van der Waals surface area contributed by atoms with Crippen LogP contribution in [-0.4, -0.2) is 8.07 Å². The van der Waals surface area contributed by atoms with Crippen LogP contribution in [0.15, 0.2) is 42.5 Å². The van der Waals surface area contributed by atoms with Gasteiger partial charge in [-0.15, -0.1) is 0 Å². The third-order valence-corrected chi connectivity index (χ3v) is 7.61. The predicted octanol–water partition coefficient (Wildman–Crippen LogP) is 3.96. The summed E-state index contributed by atoms with van der Waals surface area (Å²) in [4.78, 5) is 0. The summed E-state index contributed by atoms with van der Waals surface area (Å²) in [7, 11) is -1.31. The van der Waals surface area contributed by atoms with Gasteiger partial charge in [-0.05, 0) is 12.0 Å². The number of hydrogen-bond donors (Lipinski definition) is 0. The zero-order valence-electron chi connectivity index (χ0n) is 10.3. The molecule has 0 amide bonds. The fourth-order valence-corrected chi connectivity index (χ4v) is 3.91. The average Bonchev–Trinajstić information content (AvgIpc) is 2.27. The minimum Gasteiger partial charge on any atom is -0.0888 e. The number of rotatable bonds is 4. The fourth-order valence-electron chi connectivity index (χ4n) is 1.71. The van der Waals surface area contributed by atoms with E-state index >= 15 is 0 Å². The van der Waals surface area contributed by atoms with Crippen molar-refractivity contribution in [3.63, 3.8) is 0 Å². The largest absolute Gasteiger partial charge is 0.0888 e. The molecule has 1 atom stereocenters. The van der Waals surface area contributed by atoms with E-state index in [-0.39, 0.29) is 0 Å². The minimum absolute atomic E-state index is 0.708. The first-order valence-corrected chi connectivity index (χ1v) is 8.89. The maximum Gasteiger partial charge on any atom is 0.0871 e. The van der Waals surface area contributed by atoms with Gasteiger partial charge in [0.1, 0.15) is 0 Å². The summed E-state index contributed by atoms with van der Waals surface area (Å²) in [5.74, 6) is 0. The van der Waals surface area contributed by atoms with Gasteiger partial charge in [0.05, 0.1) is 8.07 Å². The molecule has 1 rings (SSSR count). The van der Waals surface area contributed by atoms with Gasteiger partial charge in [-0.1, -0.05) is 74.6 Å². The van der Waals surface area contributed by atoms with Gasteiger partial charge in [0.2, 0.25) is 0 Å². The molecule has 0 N–H and O–H groups in total. The molecular weight excluding hydrogens is 196 g/mol. The maximum absolute atomic E-state index is 2.45. The Morgan fingerprint density at radius 3 is 2.33 bits per heavy atom. The first-order chi connectivity index (χ1) is 7.09. The molecular formula is C14H22Si. The average molecular weight is 218 g/mol. The van der Waals surface area contributed by atoms with Crippen molar-refractivity contribution in [1.82, 2.24) is 0 Å². The molecule has 0 saturated carbocycles. The van der Waals surface area contributed by atoms with Crippen LogP contribution in [0.2, 0.25) is 18.6 Å². The SMILES string of the molecule is CC/C=C\C(C)[Si](C)(C)c1ccccc1.